The molecule has 0 unspecified atom stereocenters. The van der Waals surface area contributed by atoms with E-state index in [-0.39, 0.29) is 24.3 Å². The number of nitrogens with zero attached hydrogens (tertiary/aromatic N) is 3. The third-order valence-electron chi connectivity index (χ3n) is 3.28. The van der Waals surface area contributed by atoms with Crippen LogP contribution in [-0.4, -0.2) is 26.6 Å². The van der Waals surface area contributed by atoms with Crippen molar-refractivity contribution in [2.24, 2.45) is 0 Å². The van der Waals surface area contributed by atoms with E-state index in [0.29, 0.717) is 21.3 Å². The molecule has 0 aliphatic heterocycles. The normalized spacial score (nSPS) is 10.4. The van der Waals surface area contributed by atoms with Gasteiger partial charge in [-0.3, -0.25) is 14.9 Å². The van der Waals surface area contributed by atoms with E-state index in [2.05, 4.69) is 20.7 Å². The summed E-state index contributed by atoms with van der Waals surface area (Å²) in [4.78, 5) is 28.1. The predicted octanol–water partition coefficient (Wildman–Crippen LogP) is 3.48. The second-order valence-corrected chi connectivity index (χ2v) is 6.16. The Balaban J connectivity index is 1.58. The van der Waals surface area contributed by atoms with Gasteiger partial charge in [0, 0.05) is 21.3 Å². The Hall–Kier alpha value is -2.90. The van der Waals surface area contributed by atoms with Crippen LogP contribution in [0.3, 0.4) is 0 Å². The van der Waals surface area contributed by atoms with Crippen molar-refractivity contribution in [3.63, 3.8) is 0 Å². The van der Waals surface area contributed by atoms with Gasteiger partial charge in [0.1, 0.15) is 12.9 Å². The number of hydrogen-bond acceptors (Lipinski definition) is 4. The van der Waals surface area contributed by atoms with Crippen LogP contribution in [0.25, 0.3) is 0 Å². The van der Waals surface area contributed by atoms with Gasteiger partial charge in [-0.05, 0) is 42.5 Å². The van der Waals surface area contributed by atoms with Crippen LogP contribution >= 0.6 is 23.2 Å². The molecule has 0 spiro atoms. The lowest BCUT2D eigenvalue weighted by Gasteiger charge is -2.05. The largest absolute Gasteiger partial charge is 0.324 e. The van der Waals surface area contributed by atoms with Gasteiger partial charge in [-0.15, -0.1) is 5.10 Å². The number of carbonyl (C=O) groups is 2. The summed E-state index contributed by atoms with van der Waals surface area (Å²) in [7, 11) is 0. The van der Waals surface area contributed by atoms with Crippen molar-refractivity contribution in [1.29, 1.82) is 0 Å². The molecule has 132 valence electrons. The Morgan fingerprint density at radius 2 is 1.77 bits per heavy atom. The number of hydrogen-bond donors (Lipinski definition) is 2. The second-order valence-electron chi connectivity index (χ2n) is 5.29. The van der Waals surface area contributed by atoms with Gasteiger partial charge in [-0.1, -0.05) is 29.3 Å². The Kier molecular flexibility index (Phi) is 5.50. The Labute approximate surface area is 158 Å². The molecule has 1 heterocycles. The average Bonchev–Trinajstić information content (AvgIpc) is 3.02. The third-order valence-corrected chi connectivity index (χ3v) is 3.77. The summed E-state index contributed by atoms with van der Waals surface area (Å²) in [5, 5.41) is 10.4. The number of amides is 2. The lowest BCUT2D eigenvalue weighted by atomic mass is 10.2. The zero-order chi connectivity index (χ0) is 18.5. The van der Waals surface area contributed by atoms with Crippen LogP contribution in [0.5, 0.6) is 0 Å². The molecule has 3 aromatic rings. The fraction of sp³-hybridized carbons (Fsp3) is 0.0588. The van der Waals surface area contributed by atoms with Crippen molar-refractivity contribution in [3.05, 3.63) is 70.5 Å². The van der Waals surface area contributed by atoms with Crippen LogP contribution in [0, 0.1) is 0 Å². The zero-order valence-corrected chi connectivity index (χ0v) is 14.8. The lowest BCUT2D eigenvalue weighted by molar-refractivity contribution is -0.116. The maximum atomic E-state index is 12.1. The standard InChI is InChI=1S/C17H13Cl2N5O2/c18-12-6-4-11(5-7-12)16(26)22-17-20-10-24(23-17)9-15(25)21-14-3-1-2-13(19)8-14/h1-8,10H,9H2,(H,21,25)(H,22,23,26). The fourth-order valence-electron chi connectivity index (χ4n) is 2.12. The van der Waals surface area contributed by atoms with Crippen LogP contribution in [-0.2, 0) is 11.3 Å². The molecule has 26 heavy (non-hydrogen) atoms. The highest BCUT2D eigenvalue weighted by molar-refractivity contribution is 6.31. The Morgan fingerprint density at radius 3 is 2.50 bits per heavy atom. The van der Waals surface area contributed by atoms with Crippen molar-refractivity contribution in [2.75, 3.05) is 10.6 Å². The van der Waals surface area contributed by atoms with Crippen molar-refractivity contribution < 1.29 is 9.59 Å². The number of halogens is 2. The minimum absolute atomic E-state index is 0.0592. The van der Waals surface area contributed by atoms with E-state index in [0.717, 1.165) is 0 Å². The molecular weight excluding hydrogens is 377 g/mol. The summed E-state index contributed by atoms with van der Waals surface area (Å²) in [6.07, 6.45) is 1.36. The first-order valence-corrected chi connectivity index (χ1v) is 8.27. The van der Waals surface area contributed by atoms with Gasteiger partial charge in [0.25, 0.3) is 5.91 Å². The van der Waals surface area contributed by atoms with Crippen molar-refractivity contribution in [1.82, 2.24) is 14.8 Å². The highest BCUT2D eigenvalue weighted by Gasteiger charge is 2.11. The lowest BCUT2D eigenvalue weighted by Crippen LogP contribution is -2.19. The number of rotatable bonds is 5. The predicted molar refractivity (Wildman–Crippen MR) is 99.5 cm³/mol. The number of carbonyl (C=O) groups excluding carboxylic acids is 2. The van der Waals surface area contributed by atoms with Crippen molar-refractivity contribution in [2.45, 2.75) is 6.54 Å². The molecule has 0 aliphatic rings. The topological polar surface area (TPSA) is 88.9 Å². The molecule has 2 aromatic carbocycles. The molecule has 0 saturated carbocycles. The van der Waals surface area contributed by atoms with Gasteiger partial charge in [0.2, 0.25) is 11.9 Å². The molecule has 0 saturated heterocycles. The molecule has 0 aliphatic carbocycles. The molecule has 0 fully saturated rings. The van der Waals surface area contributed by atoms with E-state index in [4.69, 9.17) is 23.2 Å². The smallest absolute Gasteiger partial charge is 0.258 e. The van der Waals surface area contributed by atoms with Crippen LogP contribution in [0.15, 0.2) is 54.9 Å². The van der Waals surface area contributed by atoms with Crippen LogP contribution in [0.2, 0.25) is 10.0 Å². The first-order valence-electron chi connectivity index (χ1n) is 7.51. The summed E-state index contributed by atoms with van der Waals surface area (Å²) < 4.78 is 1.32. The highest BCUT2D eigenvalue weighted by Crippen LogP contribution is 2.15. The van der Waals surface area contributed by atoms with E-state index < -0.39 is 0 Å². The number of nitrogens with one attached hydrogen (secondary N) is 2. The molecule has 0 atom stereocenters. The van der Waals surface area contributed by atoms with E-state index in [1.54, 1.807) is 48.5 Å². The average molecular weight is 390 g/mol. The first-order chi connectivity index (χ1) is 12.5. The van der Waals surface area contributed by atoms with Gasteiger partial charge in [0.15, 0.2) is 0 Å². The van der Waals surface area contributed by atoms with Crippen LogP contribution in [0.1, 0.15) is 10.4 Å². The first kappa shape index (κ1) is 17.9. The van der Waals surface area contributed by atoms with Crippen molar-refractivity contribution in [3.8, 4) is 0 Å². The minimum atomic E-state index is -0.372. The molecule has 3 rings (SSSR count). The summed E-state index contributed by atoms with van der Waals surface area (Å²) in [5.41, 5.74) is 1.00. The minimum Gasteiger partial charge on any atom is -0.324 e. The molecule has 2 amide bonds. The van der Waals surface area contributed by atoms with Crippen molar-refractivity contribution >= 4 is 46.7 Å². The van der Waals surface area contributed by atoms with Crippen LogP contribution < -0.4 is 10.6 Å². The van der Waals surface area contributed by atoms with E-state index in [1.165, 1.54) is 11.0 Å². The van der Waals surface area contributed by atoms with Gasteiger partial charge in [0.05, 0.1) is 0 Å². The van der Waals surface area contributed by atoms with Gasteiger partial charge < -0.3 is 5.32 Å². The molecular formula is C17H13Cl2N5O2. The summed E-state index contributed by atoms with van der Waals surface area (Å²) in [5.74, 6) is -0.573. The number of aromatic nitrogens is 3. The number of benzene rings is 2. The third kappa shape index (κ3) is 4.81. The van der Waals surface area contributed by atoms with Gasteiger partial charge >= 0.3 is 0 Å². The fourth-order valence-corrected chi connectivity index (χ4v) is 2.43. The molecule has 7 nitrogen and oxygen atoms in total. The molecule has 2 N–H and O–H groups in total. The maximum absolute atomic E-state index is 12.1. The molecule has 1 aromatic heterocycles. The van der Waals surface area contributed by atoms with Gasteiger partial charge in [-0.25, -0.2) is 9.67 Å². The monoisotopic (exact) mass is 389 g/mol. The van der Waals surface area contributed by atoms with E-state index in [9.17, 15) is 9.59 Å². The SMILES string of the molecule is O=C(Cn1cnc(NC(=O)c2ccc(Cl)cc2)n1)Nc1cccc(Cl)c1. The van der Waals surface area contributed by atoms with E-state index in [1.807, 2.05) is 0 Å². The maximum Gasteiger partial charge on any atom is 0.258 e. The summed E-state index contributed by atoms with van der Waals surface area (Å²) >= 11 is 11.7. The Morgan fingerprint density at radius 1 is 1.00 bits per heavy atom. The quantitative estimate of drug-likeness (QED) is 0.698. The molecule has 9 heteroatoms. The Bertz CT molecular complexity index is 940. The van der Waals surface area contributed by atoms with E-state index >= 15 is 0 Å². The summed E-state index contributed by atoms with van der Waals surface area (Å²) in [6, 6.07) is 13.2. The second kappa shape index (κ2) is 7.99. The summed E-state index contributed by atoms with van der Waals surface area (Å²) in [6.45, 7) is -0.0592. The molecule has 0 radical (unpaired) electrons. The van der Waals surface area contributed by atoms with Gasteiger partial charge in [-0.2, -0.15) is 0 Å². The van der Waals surface area contributed by atoms with Crippen LogP contribution in [0.4, 0.5) is 11.6 Å². The highest BCUT2D eigenvalue weighted by atomic mass is 35.5. The number of anilines is 2. The molecule has 0 bridgehead atoms. The zero-order valence-electron chi connectivity index (χ0n) is 13.3.